The second kappa shape index (κ2) is 8.39. The SMILES string of the molecule is FC(F)(F)[n+]1ccccc1.FF.[F-].[F][Sb]([F])([F])([F])[F]. The van der Waals surface area contributed by atoms with Crippen LogP contribution >= 0.6 is 0 Å². The predicted molar refractivity (Wildman–Crippen MR) is 41.4 cm³/mol. The van der Waals surface area contributed by atoms with Gasteiger partial charge in [0.25, 0.3) is 0 Å². The van der Waals surface area contributed by atoms with Crippen molar-refractivity contribution < 1.29 is 45.7 Å². The molecule has 0 aliphatic carbocycles. The summed E-state index contributed by atoms with van der Waals surface area (Å²) in [5, 5.41) is 0. The van der Waals surface area contributed by atoms with Crippen LogP contribution < -0.4 is 9.27 Å². The van der Waals surface area contributed by atoms with Crippen LogP contribution in [0, 0.1) is 0 Å². The van der Waals surface area contributed by atoms with Gasteiger partial charge in [0, 0.05) is 21.3 Å². The summed E-state index contributed by atoms with van der Waals surface area (Å²) < 4.78 is 101. The Morgan fingerprint density at radius 3 is 1.16 bits per heavy atom. The Bertz CT molecular complexity index is 312. The number of alkyl halides is 3. The number of hydrogen-bond acceptors (Lipinski definition) is 0. The summed E-state index contributed by atoms with van der Waals surface area (Å²) in [6.07, 6.45) is -2.37. The first-order valence-corrected chi connectivity index (χ1v) is 8.45. The predicted octanol–water partition coefficient (Wildman–Crippen LogP) is 1.01. The summed E-state index contributed by atoms with van der Waals surface area (Å²) in [5.41, 5.74) is 0. The molecule has 0 unspecified atom stereocenters. The monoisotopic (exact) mass is 421 g/mol. The molecule has 0 spiro atoms. The number of halogens is 11. The van der Waals surface area contributed by atoms with Gasteiger partial charge in [-0.05, 0) is 0 Å². The topological polar surface area (TPSA) is 3.88 Å². The number of pyridine rings is 1. The second-order valence-corrected chi connectivity index (χ2v) is 6.04. The van der Waals surface area contributed by atoms with E-state index in [-0.39, 0.29) is 9.27 Å². The zero-order valence-electron chi connectivity index (χ0n) is 8.44. The van der Waals surface area contributed by atoms with E-state index in [0.29, 0.717) is 0 Å². The molecule has 0 aromatic carbocycles. The van der Waals surface area contributed by atoms with Gasteiger partial charge in [-0.3, -0.25) is 0 Å². The summed E-state index contributed by atoms with van der Waals surface area (Å²) in [4.78, 5) is 0. The molecule has 1 heterocycles. The Balaban J connectivity index is -0.000000249. The number of rotatable bonds is 0. The molecule has 0 amide bonds. The van der Waals surface area contributed by atoms with Gasteiger partial charge >= 0.3 is 40.7 Å². The van der Waals surface area contributed by atoms with Gasteiger partial charge in [0.2, 0.25) is 0 Å². The minimum absolute atomic E-state index is 0. The summed E-state index contributed by atoms with van der Waals surface area (Å²) >= 11 is -9.19. The van der Waals surface area contributed by atoms with Crippen LogP contribution in [-0.2, 0) is 6.30 Å². The van der Waals surface area contributed by atoms with E-state index >= 15 is 0 Å². The van der Waals surface area contributed by atoms with Crippen LogP contribution in [0.1, 0.15) is 0 Å². The quantitative estimate of drug-likeness (QED) is 0.334. The van der Waals surface area contributed by atoms with E-state index in [9.17, 15) is 27.2 Å². The number of hydrogen-bond donors (Lipinski definition) is 0. The van der Waals surface area contributed by atoms with Crippen LogP contribution in [0.5, 0.6) is 0 Å². The molecule has 13 heteroatoms. The molecule has 116 valence electrons. The first kappa shape index (κ1) is 23.3. The fourth-order valence-corrected chi connectivity index (χ4v) is 0.568. The van der Waals surface area contributed by atoms with Gasteiger partial charge < -0.3 is 4.70 Å². The van der Waals surface area contributed by atoms with E-state index < -0.39 is 26.6 Å². The molecule has 0 aliphatic rings. The van der Waals surface area contributed by atoms with Gasteiger partial charge in [-0.15, -0.1) is 17.7 Å². The van der Waals surface area contributed by atoms with Crippen LogP contribution in [0.15, 0.2) is 30.6 Å². The third kappa shape index (κ3) is 22.8. The zero-order chi connectivity index (χ0) is 15.1. The van der Waals surface area contributed by atoms with Gasteiger partial charge in [0.05, 0.1) is 0 Å². The van der Waals surface area contributed by atoms with Crippen molar-refractivity contribution in [3.8, 4) is 0 Å². The standard InChI is InChI=1S/C6H5F3N.F2.6FH.Sb/c7-6(8,9)10-4-2-1-3-5-10;1-2;;;;;;;/h1-5H;;6*1H;/q+1;;;;;;;;+5/p-6. The van der Waals surface area contributed by atoms with Crippen molar-refractivity contribution in [1.29, 1.82) is 0 Å². The van der Waals surface area contributed by atoms with Crippen LogP contribution in [0.25, 0.3) is 0 Å². The van der Waals surface area contributed by atoms with Crippen molar-refractivity contribution in [2.24, 2.45) is 0 Å². The summed E-state index contributed by atoms with van der Waals surface area (Å²) in [6, 6.07) is 4.18. The molecule has 0 N–H and O–H groups in total. The van der Waals surface area contributed by atoms with Gasteiger partial charge in [0.1, 0.15) is 0 Å². The molecule has 19 heavy (non-hydrogen) atoms. The van der Waals surface area contributed by atoms with E-state index in [0.717, 1.165) is 12.4 Å². The molecule has 1 aromatic heterocycles. The third-order valence-electron chi connectivity index (χ3n) is 1.01. The van der Waals surface area contributed by atoms with E-state index in [1.807, 2.05) is 0 Å². The first-order chi connectivity index (χ1) is 7.84. The van der Waals surface area contributed by atoms with Gasteiger partial charge in [-0.25, -0.2) is 0 Å². The van der Waals surface area contributed by atoms with Crippen molar-refractivity contribution in [2.45, 2.75) is 6.30 Å². The summed E-state index contributed by atoms with van der Waals surface area (Å²) in [6.45, 7) is 0. The Hall–Kier alpha value is -0.802. The fraction of sp³-hybridized carbons (Fsp3) is 0.167. The maximum absolute atomic E-state index is 11.8. The number of aromatic nitrogens is 1. The molecule has 0 radical (unpaired) electrons. The van der Waals surface area contributed by atoms with Crippen LogP contribution in [0.2, 0.25) is 0 Å². The Morgan fingerprint density at radius 2 is 1.00 bits per heavy atom. The van der Waals surface area contributed by atoms with Crippen molar-refractivity contribution in [1.82, 2.24) is 0 Å². The van der Waals surface area contributed by atoms with Crippen molar-refractivity contribution >= 4 is 20.3 Å². The van der Waals surface area contributed by atoms with Gasteiger partial charge in [-0.1, -0.05) is 6.07 Å². The molecule has 1 nitrogen and oxygen atoms in total. The van der Waals surface area contributed by atoms with E-state index in [2.05, 4.69) is 0 Å². The summed E-state index contributed by atoms with van der Waals surface area (Å²) in [7, 11) is 0. The molecule has 0 fully saturated rings. The molecule has 0 bridgehead atoms. The molecule has 0 saturated heterocycles. The van der Waals surface area contributed by atoms with Crippen molar-refractivity contribution in [3.63, 3.8) is 0 Å². The first-order valence-electron chi connectivity index (χ1n) is 3.63. The maximum atomic E-state index is 11.8. The average molecular weight is 422 g/mol. The molecule has 0 aliphatic heterocycles. The van der Waals surface area contributed by atoms with E-state index in [1.165, 1.54) is 18.2 Å². The van der Waals surface area contributed by atoms with Crippen LogP contribution in [0.3, 0.4) is 0 Å². The van der Waals surface area contributed by atoms with Gasteiger partial charge in [0.15, 0.2) is 12.4 Å². The fourth-order valence-electron chi connectivity index (χ4n) is 0.568. The third-order valence-corrected chi connectivity index (χ3v) is 1.01. The molecule has 0 saturated carbocycles. The van der Waals surface area contributed by atoms with Gasteiger partial charge in [-0.2, -0.15) is 0 Å². The average Bonchev–Trinajstić information content (AvgIpc) is 2.17. The number of nitrogens with zero attached hydrogens (tertiary/aromatic N) is 1. The minimum atomic E-state index is -9.19. The van der Waals surface area contributed by atoms with Crippen LogP contribution in [-0.4, -0.2) is 20.3 Å². The normalized spacial score (nSPS) is 12.4. The molecule has 1 aromatic rings. The molecule has 0 atom stereocenters. The Labute approximate surface area is 103 Å². The zero-order valence-corrected chi connectivity index (χ0v) is 11.0. The Kier molecular flexibility index (Phi) is 10.3. The second-order valence-electron chi connectivity index (χ2n) is 2.39. The van der Waals surface area contributed by atoms with E-state index in [1.54, 1.807) is 0 Å². The van der Waals surface area contributed by atoms with Crippen LogP contribution in [0.4, 0.5) is 36.4 Å². The van der Waals surface area contributed by atoms with Crippen molar-refractivity contribution in [2.75, 3.05) is 0 Å². The molecular formula is C6H5F11NSb. The van der Waals surface area contributed by atoms with Crippen molar-refractivity contribution in [3.05, 3.63) is 30.6 Å². The Morgan fingerprint density at radius 1 is 0.737 bits per heavy atom. The van der Waals surface area contributed by atoms with E-state index in [4.69, 9.17) is 9.15 Å². The molecular weight excluding hydrogens is 417 g/mol. The molecule has 1 rings (SSSR count). The summed E-state index contributed by atoms with van der Waals surface area (Å²) in [5.74, 6) is 0.